The van der Waals surface area contributed by atoms with Crippen LogP contribution in [0.1, 0.15) is 39.3 Å². The van der Waals surface area contributed by atoms with Gasteiger partial charge in [-0.2, -0.15) is 9.78 Å². The molecule has 30 heavy (non-hydrogen) atoms. The van der Waals surface area contributed by atoms with Crippen LogP contribution in [0.2, 0.25) is 0 Å². The first-order chi connectivity index (χ1) is 14.4. The summed E-state index contributed by atoms with van der Waals surface area (Å²) < 4.78 is 14.2. The first kappa shape index (κ1) is 19.5. The van der Waals surface area contributed by atoms with E-state index >= 15 is 0 Å². The van der Waals surface area contributed by atoms with E-state index in [-0.39, 0.29) is 17.6 Å². The van der Waals surface area contributed by atoms with E-state index in [9.17, 15) is 18.8 Å². The monoisotopic (exact) mass is 406 g/mol. The van der Waals surface area contributed by atoms with Gasteiger partial charge < -0.3 is 10.6 Å². The van der Waals surface area contributed by atoms with E-state index in [0.717, 1.165) is 23.1 Å². The molecule has 2 aromatic carbocycles. The van der Waals surface area contributed by atoms with Crippen LogP contribution in [0.3, 0.4) is 0 Å². The Hall–Kier alpha value is -3.81. The predicted octanol–water partition coefficient (Wildman–Crippen LogP) is 2.82. The third-order valence-corrected chi connectivity index (χ3v) is 4.76. The zero-order chi connectivity index (χ0) is 21.3. The Morgan fingerprint density at radius 1 is 1.03 bits per heavy atom. The number of nitrogens with one attached hydrogen (secondary N) is 2. The van der Waals surface area contributed by atoms with Gasteiger partial charge in [-0.05, 0) is 67.8 Å². The minimum absolute atomic E-state index is 0.00570. The maximum absolute atomic E-state index is 13.2. The van der Waals surface area contributed by atoms with Gasteiger partial charge in [-0.15, -0.1) is 0 Å². The number of aromatic nitrogens is 2. The van der Waals surface area contributed by atoms with Gasteiger partial charge in [0.15, 0.2) is 0 Å². The summed E-state index contributed by atoms with van der Waals surface area (Å²) in [6.07, 6.45) is 1.97. The number of carbonyl (C=O) groups is 2. The average molecular weight is 406 g/mol. The van der Waals surface area contributed by atoms with Crippen LogP contribution in [-0.2, 0) is 0 Å². The molecule has 152 valence electrons. The van der Waals surface area contributed by atoms with Crippen LogP contribution in [-0.4, -0.2) is 27.6 Å². The lowest BCUT2D eigenvalue weighted by molar-refractivity contribution is 0.0949. The summed E-state index contributed by atoms with van der Waals surface area (Å²) in [5, 5.41) is 9.74. The SMILES string of the molecule is Cc1ccc(C(=O)NC2CC2)cc1NC(=O)c1ccc(=O)n(-c2ccc(F)cc2)n1. The van der Waals surface area contributed by atoms with E-state index < -0.39 is 17.3 Å². The Morgan fingerprint density at radius 2 is 1.77 bits per heavy atom. The molecule has 0 radical (unpaired) electrons. The molecule has 1 fully saturated rings. The summed E-state index contributed by atoms with van der Waals surface area (Å²) in [5.74, 6) is -1.16. The number of benzene rings is 2. The summed E-state index contributed by atoms with van der Waals surface area (Å²) in [5.41, 5.74) is 1.60. The van der Waals surface area contributed by atoms with Crippen LogP contribution in [0.4, 0.5) is 10.1 Å². The van der Waals surface area contributed by atoms with Gasteiger partial charge in [-0.3, -0.25) is 14.4 Å². The smallest absolute Gasteiger partial charge is 0.276 e. The van der Waals surface area contributed by atoms with Crippen molar-refractivity contribution in [2.75, 3.05) is 5.32 Å². The Bertz CT molecular complexity index is 1180. The molecular formula is C22H19FN4O3. The summed E-state index contributed by atoms with van der Waals surface area (Å²) in [7, 11) is 0. The van der Waals surface area contributed by atoms with E-state index in [4.69, 9.17) is 0 Å². The number of halogens is 1. The molecule has 0 bridgehead atoms. The molecule has 1 aliphatic rings. The lowest BCUT2D eigenvalue weighted by atomic mass is 10.1. The van der Waals surface area contributed by atoms with Crippen LogP contribution < -0.4 is 16.2 Å². The minimum atomic E-state index is -0.534. The second kappa shape index (κ2) is 7.90. The van der Waals surface area contributed by atoms with Crippen LogP contribution in [0.25, 0.3) is 5.69 Å². The average Bonchev–Trinajstić information content (AvgIpc) is 3.54. The van der Waals surface area contributed by atoms with Crippen molar-refractivity contribution >= 4 is 17.5 Å². The standard InChI is InChI=1S/C22H19FN4O3/c1-13-2-3-14(21(29)24-16-6-7-16)12-19(13)25-22(30)18-10-11-20(28)27(26-18)17-8-4-15(23)5-9-17/h2-5,8-12,16H,6-7H2,1H3,(H,24,29)(H,25,30). The molecule has 2 N–H and O–H groups in total. The number of nitrogens with zero attached hydrogens (tertiary/aromatic N) is 2. The van der Waals surface area contributed by atoms with Gasteiger partial charge in [-0.25, -0.2) is 4.39 Å². The molecule has 2 amide bonds. The number of carbonyl (C=O) groups excluding carboxylic acids is 2. The van der Waals surface area contributed by atoms with Crippen molar-refractivity contribution in [3.05, 3.63) is 87.6 Å². The van der Waals surface area contributed by atoms with Gasteiger partial charge >= 0.3 is 0 Å². The highest BCUT2D eigenvalue weighted by Gasteiger charge is 2.24. The molecule has 4 rings (SSSR count). The lowest BCUT2D eigenvalue weighted by Gasteiger charge is -2.11. The number of rotatable bonds is 5. The Balaban J connectivity index is 1.58. The van der Waals surface area contributed by atoms with Crippen molar-refractivity contribution in [2.45, 2.75) is 25.8 Å². The quantitative estimate of drug-likeness (QED) is 0.681. The number of hydrogen-bond donors (Lipinski definition) is 2. The second-order valence-electron chi connectivity index (χ2n) is 7.18. The van der Waals surface area contributed by atoms with E-state index in [2.05, 4.69) is 15.7 Å². The number of amides is 2. The van der Waals surface area contributed by atoms with E-state index in [1.807, 2.05) is 6.92 Å². The summed E-state index contributed by atoms with van der Waals surface area (Å²) in [4.78, 5) is 37.1. The van der Waals surface area contributed by atoms with Gasteiger partial charge in [0.2, 0.25) is 0 Å². The van der Waals surface area contributed by atoms with Crippen LogP contribution in [0.5, 0.6) is 0 Å². The number of anilines is 1. The first-order valence-corrected chi connectivity index (χ1v) is 9.50. The van der Waals surface area contributed by atoms with Crippen molar-refractivity contribution in [2.24, 2.45) is 0 Å². The van der Waals surface area contributed by atoms with Gasteiger partial charge in [-0.1, -0.05) is 6.07 Å². The molecular weight excluding hydrogens is 387 g/mol. The molecule has 1 saturated carbocycles. The maximum atomic E-state index is 13.2. The molecule has 7 nitrogen and oxygen atoms in total. The lowest BCUT2D eigenvalue weighted by Crippen LogP contribution is -2.26. The summed E-state index contributed by atoms with van der Waals surface area (Å²) >= 11 is 0. The number of aryl methyl sites for hydroxylation is 1. The fourth-order valence-corrected chi connectivity index (χ4v) is 2.88. The molecule has 0 unspecified atom stereocenters. The van der Waals surface area contributed by atoms with E-state index in [0.29, 0.717) is 16.9 Å². The Kier molecular flexibility index (Phi) is 5.14. The van der Waals surface area contributed by atoms with Crippen LogP contribution in [0, 0.1) is 12.7 Å². The first-order valence-electron chi connectivity index (χ1n) is 9.50. The number of hydrogen-bond acceptors (Lipinski definition) is 4. The molecule has 0 atom stereocenters. The minimum Gasteiger partial charge on any atom is -0.349 e. The fourth-order valence-electron chi connectivity index (χ4n) is 2.88. The van der Waals surface area contributed by atoms with Crippen molar-refractivity contribution < 1.29 is 14.0 Å². The second-order valence-corrected chi connectivity index (χ2v) is 7.18. The zero-order valence-electron chi connectivity index (χ0n) is 16.2. The van der Waals surface area contributed by atoms with Crippen LogP contribution in [0.15, 0.2) is 59.4 Å². The Morgan fingerprint density at radius 3 is 2.47 bits per heavy atom. The maximum Gasteiger partial charge on any atom is 0.276 e. The van der Waals surface area contributed by atoms with Crippen LogP contribution >= 0.6 is 0 Å². The zero-order valence-corrected chi connectivity index (χ0v) is 16.2. The molecule has 1 aliphatic carbocycles. The van der Waals surface area contributed by atoms with Crippen molar-refractivity contribution in [1.29, 1.82) is 0 Å². The summed E-state index contributed by atoms with van der Waals surface area (Å²) in [6.45, 7) is 1.81. The topological polar surface area (TPSA) is 93.1 Å². The summed E-state index contributed by atoms with van der Waals surface area (Å²) in [6, 6.07) is 13.0. The van der Waals surface area contributed by atoms with Crippen molar-refractivity contribution in [3.8, 4) is 5.69 Å². The molecule has 0 spiro atoms. The highest BCUT2D eigenvalue weighted by molar-refractivity contribution is 6.04. The van der Waals surface area contributed by atoms with E-state index in [1.54, 1.807) is 18.2 Å². The van der Waals surface area contributed by atoms with Gasteiger partial charge in [0, 0.05) is 23.4 Å². The van der Waals surface area contributed by atoms with E-state index in [1.165, 1.54) is 36.4 Å². The largest absolute Gasteiger partial charge is 0.349 e. The highest BCUT2D eigenvalue weighted by atomic mass is 19.1. The Labute approximate surface area is 171 Å². The molecule has 8 heteroatoms. The third-order valence-electron chi connectivity index (χ3n) is 4.76. The molecule has 1 aromatic heterocycles. The molecule has 0 aliphatic heterocycles. The fraction of sp³-hybridized carbons (Fsp3) is 0.182. The van der Waals surface area contributed by atoms with Crippen molar-refractivity contribution in [1.82, 2.24) is 15.1 Å². The predicted molar refractivity (Wildman–Crippen MR) is 109 cm³/mol. The van der Waals surface area contributed by atoms with Gasteiger partial charge in [0.1, 0.15) is 11.5 Å². The highest BCUT2D eigenvalue weighted by Crippen LogP contribution is 2.21. The molecule has 1 heterocycles. The normalized spacial score (nSPS) is 13.0. The molecule has 3 aromatic rings. The van der Waals surface area contributed by atoms with Gasteiger partial charge in [0.25, 0.3) is 17.4 Å². The van der Waals surface area contributed by atoms with Crippen molar-refractivity contribution in [3.63, 3.8) is 0 Å². The molecule has 0 saturated heterocycles. The van der Waals surface area contributed by atoms with Gasteiger partial charge in [0.05, 0.1) is 5.69 Å². The third kappa shape index (κ3) is 4.27.